The van der Waals surface area contributed by atoms with Crippen molar-refractivity contribution in [2.75, 3.05) is 12.8 Å². The molecule has 0 unspecified atom stereocenters. The standard InChI is InChI=1S/C14H16N2O3/c1-9-5-11(8-19-9)14(17)16-7-10-3-4-13(18-2)12(15)6-10/h3-6,8H,7,15H2,1-2H3,(H,16,17). The number of ether oxygens (including phenoxy) is 1. The Balaban J connectivity index is 1.99. The van der Waals surface area contributed by atoms with E-state index in [1.54, 1.807) is 32.2 Å². The Morgan fingerprint density at radius 3 is 2.79 bits per heavy atom. The van der Waals surface area contributed by atoms with E-state index in [-0.39, 0.29) is 5.91 Å². The van der Waals surface area contributed by atoms with Gasteiger partial charge in [-0.05, 0) is 30.7 Å². The molecule has 5 nitrogen and oxygen atoms in total. The van der Waals surface area contributed by atoms with Crippen molar-refractivity contribution in [3.05, 3.63) is 47.4 Å². The van der Waals surface area contributed by atoms with Gasteiger partial charge in [0.15, 0.2) is 0 Å². The van der Waals surface area contributed by atoms with E-state index >= 15 is 0 Å². The first kappa shape index (κ1) is 13.0. The quantitative estimate of drug-likeness (QED) is 0.825. The molecule has 2 rings (SSSR count). The van der Waals surface area contributed by atoms with Gasteiger partial charge in [0.1, 0.15) is 17.8 Å². The summed E-state index contributed by atoms with van der Waals surface area (Å²) in [6.07, 6.45) is 1.44. The third-order valence-corrected chi connectivity index (χ3v) is 2.74. The van der Waals surface area contributed by atoms with Crippen LogP contribution in [0.3, 0.4) is 0 Å². The van der Waals surface area contributed by atoms with Gasteiger partial charge in [-0.2, -0.15) is 0 Å². The number of furan rings is 1. The Kier molecular flexibility index (Phi) is 3.75. The predicted molar refractivity (Wildman–Crippen MR) is 72.0 cm³/mol. The number of nitrogens with one attached hydrogen (secondary N) is 1. The number of amides is 1. The molecule has 19 heavy (non-hydrogen) atoms. The Labute approximate surface area is 111 Å². The van der Waals surface area contributed by atoms with Crippen molar-refractivity contribution in [3.63, 3.8) is 0 Å². The number of hydrogen-bond acceptors (Lipinski definition) is 4. The minimum Gasteiger partial charge on any atom is -0.495 e. The molecule has 5 heteroatoms. The molecule has 0 fully saturated rings. The number of carbonyl (C=O) groups excluding carboxylic acids is 1. The van der Waals surface area contributed by atoms with Gasteiger partial charge in [-0.3, -0.25) is 4.79 Å². The van der Waals surface area contributed by atoms with Crippen molar-refractivity contribution >= 4 is 11.6 Å². The van der Waals surface area contributed by atoms with Crippen molar-refractivity contribution in [3.8, 4) is 5.75 Å². The monoisotopic (exact) mass is 260 g/mol. The summed E-state index contributed by atoms with van der Waals surface area (Å²) in [6, 6.07) is 7.10. The second-order valence-corrected chi connectivity index (χ2v) is 4.21. The van der Waals surface area contributed by atoms with Crippen molar-refractivity contribution in [1.29, 1.82) is 0 Å². The molecule has 0 saturated heterocycles. The van der Waals surface area contributed by atoms with Gasteiger partial charge in [-0.1, -0.05) is 6.07 Å². The first-order valence-corrected chi connectivity index (χ1v) is 5.86. The minimum atomic E-state index is -0.175. The highest BCUT2D eigenvalue weighted by atomic mass is 16.5. The highest BCUT2D eigenvalue weighted by molar-refractivity contribution is 5.93. The summed E-state index contributed by atoms with van der Waals surface area (Å²) >= 11 is 0. The number of aryl methyl sites for hydroxylation is 1. The second-order valence-electron chi connectivity index (χ2n) is 4.21. The number of nitrogens with two attached hydrogens (primary N) is 1. The number of hydrogen-bond donors (Lipinski definition) is 2. The van der Waals surface area contributed by atoms with E-state index in [1.807, 2.05) is 6.07 Å². The average Bonchev–Trinajstić information content (AvgIpc) is 2.83. The van der Waals surface area contributed by atoms with Gasteiger partial charge in [-0.25, -0.2) is 0 Å². The van der Waals surface area contributed by atoms with E-state index in [0.29, 0.717) is 29.3 Å². The summed E-state index contributed by atoms with van der Waals surface area (Å²) in [5.74, 6) is 1.16. The summed E-state index contributed by atoms with van der Waals surface area (Å²) in [6.45, 7) is 2.19. The smallest absolute Gasteiger partial charge is 0.254 e. The molecule has 0 spiro atoms. The van der Waals surface area contributed by atoms with Crippen LogP contribution in [0.4, 0.5) is 5.69 Å². The number of nitrogen functional groups attached to an aromatic ring is 1. The van der Waals surface area contributed by atoms with Crippen molar-refractivity contribution < 1.29 is 13.9 Å². The van der Waals surface area contributed by atoms with Crippen LogP contribution in [-0.4, -0.2) is 13.0 Å². The predicted octanol–water partition coefficient (Wildman–Crippen LogP) is 2.11. The number of methoxy groups -OCH3 is 1. The third kappa shape index (κ3) is 3.07. The van der Waals surface area contributed by atoms with Crippen LogP contribution in [0.5, 0.6) is 5.75 Å². The summed E-state index contributed by atoms with van der Waals surface area (Å²) in [7, 11) is 1.56. The molecule has 0 saturated carbocycles. The van der Waals surface area contributed by atoms with Crippen LogP contribution in [0.15, 0.2) is 34.9 Å². The fourth-order valence-corrected chi connectivity index (χ4v) is 1.74. The first-order valence-electron chi connectivity index (χ1n) is 5.86. The van der Waals surface area contributed by atoms with Crippen LogP contribution in [-0.2, 0) is 6.54 Å². The van der Waals surface area contributed by atoms with E-state index in [0.717, 1.165) is 5.56 Å². The maximum Gasteiger partial charge on any atom is 0.254 e. The molecule has 3 N–H and O–H groups in total. The highest BCUT2D eigenvalue weighted by Crippen LogP contribution is 2.21. The molecular weight excluding hydrogens is 244 g/mol. The molecule has 0 bridgehead atoms. The van der Waals surface area contributed by atoms with Gasteiger partial charge >= 0.3 is 0 Å². The Morgan fingerprint density at radius 2 is 2.21 bits per heavy atom. The molecule has 0 radical (unpaired) electrons. The molecule has 100 valence electrons. The molecule has 1 amide bonds. The fraction of sp³-hybridized carbons (Fsp3) is 0.214. The highest BCUT2D eigenvalue weighted by Gasteiger charge is 2.08. The zero-order chi connectivity index (χ0) is 13.8. The lowest BCUT2D eigenvalue weighted by atomic mass is 10.2. The van der Waals surface area contributed by atoms with Crippen LogP contribution in [0.2, 0.25) is 0 Å². The third-order valence-electron chi connectivity index (χ3n) is 2.74. The van der Waals surface area contributed by atoms with Gasteiger partial charge in [0.2, 0.25) is 0 Å². The van der Waals surface area contributed by atoms with Gasteiger partial charge in [0.25, 0.3) is 5.91 Å². The Hall–Kier alpha value is -2.43. The summed E-state index contributed by atoms with van der Waals surface area (Å²) < 4.78 is 10.2. The Morgan fingerprint density at radius 1 is 1.42 bits per heavy atom. The summed E-state index contributed by atoms with van der Waals surface area (Å²) in [5.41, 5.74) is 7.77. The lowest BCUT2D eigenvalue weighted by molar-refractivity contribution is 0.0950. The van der Waals surface area contributed by atoms with Crippen LogP contribution in [0.1, 0.15) is 21.7 Å². The molecule has 1 aromatic heterocycles. The van der Waals surface area contributed by atoms with Crippen LogP contribution >= 0.6 is 0 Å². The van der Waals surface area contributed by atoms with E-state index in [9.17, 15) is 4.79 Å². The lowest BCUT2D eigenvalue weighted by Gasteiger charge is -2.08. The molecule has 1 aromatic carbocycles. The minimum absolute atomic E-state index is 0.175. The molecule has 0 atom stereocenters. The maximum absolute atomic E-state index is 11.8. The molecule has 2 aromatic rings. The van der Waals surface area contributed by atoms with Crippen molar-refractivity contribution in [1.82, 2.24) is 5.32 Å². The van der Waals surface area contributed by atoms with Crippen LogP contribution in [0, 0.1) is 6.92 Å². The first-order chi connectivity index (χ1) is 9.10. The Bertz CT molecular complexity index is 590. The van der Waals surface area contributed by atoms with Gasteiger partial charge in [0, 0.05) is 6.54 Å². The van der Waals surface area contributed by atoms with E-state index in [1.165, 1.54) is 6.26 Å². The van der Waals surface area contributed by atoms with Gasteiger partial charge < -0.3 is 20.2 Å². The largest absolute Gasteiger partial charge is 0.495 e. The number of benzene rings is 1. The van der Waals surface area contributed by atoms with E-state index in [2.05, 4.69) is 5.32 Å². The molecule has 1 heterocycles. The van der Waals surface area contributed by atoms with E-state index < -0.39 is 0 Å². The van der Waals surface area contributed by atoms with Gasteiger partial charge in [-0.15, -0.1) is 0 Å². The summed E-state index contributed by atoms with van der Waals surface area (Å²) in [5, 5.41) is 2.80. The average molecular weight is 260 g/mol. The number of anilines is 1. The maximum atomic E-state index is 11.8. The summed E-state index contributed by atoms with van der Waals surface area (Å²) in [4.78, 5) is 11.8. The van der Waals surface area contributed by atoms with Crippen LogP contribution in [0.25, 0.3) is 0 Å². The molecule has 0 aliphatic carbocycles. The van der Waals surface area contributed by atoms with Crippen molar-refractivity contribution in [2.24, 2.45) is 0 Å². The second kappa shape index (κ2) is 5.48. The molecule has 0 aliphatic rings. The zero-order valence-corrected chi connectivity index (χ0v) is 10.9. The van der Waals surface area contributed by atoms with E-state index in [4.69, 9.17) is 14.9 Å². The van der Waals surface area contributed by atoms with Crippen molar-refractivity contribution in [2.45, 2.75) is 13.5 Å². The molecule has 0 aliphatic heterocycles. The topological polar surface area (TPSA) is 77.5 Å². The normalized spacial score (nSPS) is 10.2. The SMILES string of the molecule is COc1ccc(CNC(=O)c2coc(C)c2)cc1N. The molecular formula is C14H16N2O3. The lowest BCUT2D eigenvalue weighted by Crippen LogP contribution is -2.22. The van der Waals surface area contributed by atoms with Gasteiger partial charge in [0.05, 0.1) is 18.4 Å². The number of carbonyl (C=O) groups is 1. The van der Waals surface area contributed by atoms with Crippen LogP contribution < -0.4 is 15.8 Å². The number of rotatable bonds is 4. The fourth-order valence-electron chi connectivity index (χ4n) is 1.74. The zero-order valence-electron chi connectivity index (χ0n) is 10.9.